The molecule has 1 aliphatic heterocycles. The SMILES string of the molecule is O=C1CCC(=O)N1OOCCO. The second kappa shape index (κ2) is 4.15. The molecular weight excluding hydrogens is 166 g/mol. The molecule has 6 nitrogen and oxygen atoms in total. The van der Waals surface area contributed by atoms with Gasteiger partial charge < -0.3 is 5.11 Å². The first-order valence-corrected chi connectivity index (χ1v) is 3.52. The van der Waals surface area contributed by atoms with Crippen molar-refractivity contribution in [2.45, 2.75) is 12.8 Å². The van der Waals surface area contributed by atoms with Crippen molar-refractivity contribution >= 4 is 11.8 Å². The smallest absolute Gasteiger partial charge is 0.256 e. The zero-order valence-electron chi connectivity index (χ0n) is 6.36. The van der Waals surface area contributed by atoms with Crippen molar-refractivity contribution in [1.82, 2.24) is 5.06 Å². The van der Waals surface area contributed by atoms with Gasteiger partial charge in [0.15, 0.2) is 0 Å². The molecule has 6 heteroatoms. The molecule has 68 valence electrons. The number of hydroxylamine groups is 2. The molecule has 0 bridgehead atoms. The van der Waals surface area contributed by atoms with E-state index in [1.54, 1.807) is 0 Å². The number of hydrogen-bond acceptors (Lipinski definition) is 5. The number of rotatable bonds is 4. The average molecular weight is 175 g/mol. The summed E-state index contributed by atoms with van der Waals surface area (Å²) in [6.45, 7) is -0.298. The van der Waals surface area contributed by atoms with Crippen LogP contribution in [-0.4, -0.2) is 35.2 Å². The third-order valence-corrected chi connectivity index (χ3v) is 1.31. The van der Waals surface area contributed by atoms with Crippen LogP contribution in [0.3, 0.4) is 0 Å². The lowest BCUT2D eigenvalue weighted by molar-refractivity contribution is -0.395. The van der Waals surface area contributed by atoms with Gasteiger partial charge in [0.1, 0.15) is 6.61 Å². The maximum Gasteiger partial charge on any atom is 0.256 e. The molecule has 0 radical (unpaired) electrons. The number of aliphatic hydroxyl groups excluding tert-OH is 1. The number of imide groups is 1. The lowest BCUT2D eigenvalue weighted by Crippen LogP contribution is -2.29. The zero-order valence-corrected chi connectivity index (χ0v) is 6.36. The predicted molar refractivity (Wildman–Crippen MR) is 35.2 cm³/mol. The number of aliphatic hydroxyl groups is 1. The minimum absolute atomic E-state index is 0.0724. The van der Waals surface area contributed by atoms with E-state index < -0.39 is 11.8 Å². The Morgan fingerprint density at radius 3 is 2.42 bits per heavy atom. The van der Waals surface area contributed by atoms with E-state index in [1.165, 1.54) is 0 Å². The molecule has 1 heterocycles. The van der Waals surface area contributed by atoms with Crippen LogP contribution >= 0.6 is 0 Å². The second-order valence-corrected chi connectivity index (χ2v) is 2.20. The van der Waals surface area contributed by atoms with Gasteiger partial charge in [-0.2, -0.15) is 0 Å². The third-order valence-electron chi connectivity index (χ3n) is 1.31. The van der Waals surface area contributed by atoms with Gasteiger partial charge >= 0.3 is 0 Å². The first-order valence-electron chi connectivity index (χ1n) is 3.52. The molecule has 0 unspecified atom stereocenters. The summed E-state index contributed by atoms with van der Waals surface area (Å²) in [6, 6.07) is 0. The molecule has 1 fully saturated rings. The number of carbonyl (C=O) groups is 2. The first-order chi connectivity index (χ1) is 5.75. The van der Waals surface area contributed by atoms with Crippen LogP contribution in [0.2, 0.25) is 0 Å². The summed E-state index contributed by atoms with van der Waals surface area (Å²) >= 11 is 0. The highest BCUT2D eigenvalue weighted by Crippen LogP contribution is 2.11. The summed E-state index contributed by atoms with van der Waals surface area (Å²) in [5, 5.41) is 8.84. The Balaban J connectivity index is 2.30. The fraction of sp³-hybridized carbons (Fsp3) is 0.667. The molecule has 2 amide bonds. The standard InChI is InChI=1S/C6H9NO5/c8-3-4-11-12-7-5(9)1-2-6(7)10/h8H,1-4H2. The van der Waals surface area contributed by atoms with Gasteiger partial charge in [0.05, 0.1) is 6.61 Å². The molecule has 0 aromatic carbocycles. The molecule has 0 saturated carbocycles. The largest absolute Gasteiger partial charge is 0.394 e. The van der Waals surface area contributed by atoms with Gasteiger partial charge in [0.2, 0.25) is 0 Å². The Kier molecular flexibility index (Phi) is 3.15. The molecule has 0 aliphatic carbocycles. The van der Waals surface area contributed by atoms with Crippen LogP contribution in [0, 0.1) is 0 Å². The molecule has 1 N–H and O–H groups in total. The van der Waals surface area contributed by atoms with E-state index in [1.807, 2.05) is 0 Å². The zero-order chi connectivity index (χ0) is 8.97. The van der Waals surface area contributed by atoms with Crippen molar-refractivity contribution in [1.29, 1.82) is 0 Å². The van der Waals surface area contributed by atoms with Gasteiger partial charge in [-0.3, -0.25) is 9.59 Å². The fourth-order valence-corrected chi connectivity index (χ4v) is 0.766. The summed E-state index contributed by atoms with van der Waals surface area (Å²) in [5.74, 6) is -0.837. The van der Waals surface area contributed by atoms with E-state index in [2.05, 4.69) is 9.88 Å². The maximum absolute atomic E-state index is 10.8. The minimum Gasteiger partial charge on any atom is -0.394 e. The Morgan fingerprint density at radius 2 is 1.92 bits per heavy atom. The van der Waals surface area contributed by atoms with E-state index >= 15 is 0 Å². The normalized spacial score (nSPS) is 17.6. The van der Waals surface area contributed by atoms with Crippen LogP contribution in [0.15, 0.2) is 0 Å². The van der Waals surface area contributed by atoms with Gasteiger partial charge in [-0.1, -0.05) is 0 Å². The molecule has 1 aliphatic rings. The topological polar surface area (TPSA) is 76.1 Å². The molecule has 0 aromatic rings. The van der Waals surface area contributed by atoms with Crippen LogP contribution in [0.25, 0.3) is 0 Å². The molecule has 0 spiro atoms. The molecule has 12 heavy (non-hydrogen) atoms. The van der Waals surface area contributed by atoms with Crippen LogP contribution in [0.5, 0.6) is 0 Å². The Hall–Kier alpha value is -0.980. The van der Waals surface area contributed by atoms with E-state index in [0.29, 0.717) is 5.06 Å². The number of carbonyl (C=O) groups excluding carboxylic acids is 2. The first kappa shape index (κ1) is 9.11. The van der Waals surface area contributed by atoms with Crippen LogP contribution in [-0.2, 0) is 19.5 Å². The Bertz CT molecular complexity index is 176. The lowest BCUT2D eigenvalue weighted by atomic mass is 10.4. The summed E-state index contributed by atoms with van der Waals surface area (Å²) in [6.07, 6.45) is 0.308. The fourth-order valence-electron chi connectivity index (χ4n) is 0.766. The van der Waals surface area contributed by atoms with E-state index in [4.69, 9.17) is 5.11 Å². The van der Waals surface area contributed by atoms with Gasteiger partial charge in [0, 0.05) is 12.8 Å². The predicted octanol–water partition coefficient (Wildman–Crippen LogP) is -1.01. The van der Waals surface area contributed by atoms with Crippen molar-refractivity contribution in [3.8, 4) is 0 Å². The van der Waals surface area contributed by atoms with Crippen molar-refractivity contribution in [2.24, 2.45) is 0 Å². The van der Waals surface area contributed by atoms with E-state index in [0.717, 1.165) is 0 Å². The van der Waals surface area contributed by atoms with Crippen LogP contribution in [0.4, 0.5) is 0 Å². The quantitative estimate of drug-likeness (QED) is 0.256. The van der Waals surface area contributed by atoms with Gasteiger partial charge in [-0.15, -0.1) is 10.1 Å². The van der Waals surface area contributed by atoms with Crippen molar-refractivity contribution in [2.75, 3.05) is 13.2 Å². The molecular formula is C6H9NO5. The summed E-state index contributed by atoms with van der Waals surface area (Å²) in [5.41, 5.74) is 0. The molecule has 1 rings (SSSR count). The average Bonchev–Trinajstić information content (AvgIpc) is 2.35. The number of amides is 2. The Morgan fingerprint density at radius 1 is 1.33 bits per heavy atom. The summed E-state index contributed by atoms with van der Waals surface area (Å²) in [4.78, 5) is 30.3. The van der Waals surface area contributed by atoms with Crippen LogP contribution < -0.4 is 0 Å². The minimum atomic E-state index is -0.419. The highest BCUT2D eigenvalue weighted by atomic mass is 17.3. The Labute approximate surface area is 68.5 Å². The van der Waals surface area contributed by atoms with Gasteiger partial charge in [-0.05, 0) is 0 Å². The van der Waals surface area contributed by atoms with Gasteiger partial charge in [-0.25, -0.2) is 4.89 Å². The number of hydrogen-bond donors (Lipinski definition) is 1. The maximum atomic E-state index is 10.8. The summed E-state index contributed by atoms with van der Waals surface area (Å²) < 4.78 is 0. The van der Waals surface area contributed by atoms with E-state index in [-0.39, 0.29) is 26.1 Å². The lowest BCUT2D eigenvalue weighted by Gasteiger charge is -2.09. The second-order valence-electron chi connectivity index (χ2n) is 2.20. The highest BCUT2D eigenvalue weighted by Gasteiger charge is 2.31. The molecule has 0 atom stereocenters. The third kappa shape index (κ3) is 2.00. The van der Waals surface area contributed by atoms with Crippen molar-refractivity contribution in [3.05, 3.63) is 0 Å². The monoisotopic (exact) mass is 175 g/mol. The summed E-state index contributed by atoms with van der Waals surface area (Å²) in [7, 11) is 0. The van der Waals surface area contributed by atoms with Crippen molar-refractivity contribution in [3.63, 3.8) is 0 Å². The molecule has 0 aromatic heterocycles. The highest BCUT2D eigenvalue weighted by molar-refractivity contribution is 6.00. The van der Waals surface area contributed by atoms with Crippen LogP contribution in [0.1, 0.15) is 12.8 Å². The van der Waals surface area contributed by atoms with Gasteiger partial charge in [0.25, 0.3) is 11.8 Å². The molecule has 1 saturated heterocycles. The van der Waals surface area contributed by atoms with E-state index in [9.17, 15) is 9.59 Å². The number of nitrogens with zero attached hydrogens (tertiary/aromatic N) is 1. The van der Waals surface area contributed by atoms with Crippen molar-refractivity contribution < 1.29 is 24.6 Å².